The van der Waals surface area contributed by atoms with Crippen molar-refractivity contribution in [3.05, 3.63) is 69.5 Å². The molecule has 0 heterocycles. The zero-order valence-electron chi connectivity index (χ0n) is 10.8. The third kappa shape index (κ3) is 3.42. The molecule has 2 aromatic rings. The minimum absolute atomic E-state index is 0.0478. The number of halogens is 2. The van der Waals surface area contributed by atoms with Gasteiger partial charge in [0.2, 0.25) is 0 Å². The summed E-state index contributed by atoms with van der Waals surface area (Å²) >= 11 is 5.80. The van der Waals surface area contributed by atoms with Crippen molar-refractivity contribution in [3.63, 3.8) is 0 Å². The normalized spacial score (nSPS) is 10.5. The van der Waals surface area contributed by atoms with Crippen molar-refractivity contribution in [1.82, 2.24) is 0 Å². The largest absolute Gasteiger partial charge is 0.294 e. The number of carbonyl (C=O) groups excluding carboxylic acids is 1. The Bertz CT molecular complexity index is 614. The van der Waals surface area contributed by atoms with Gasteiger partial charge in [-0.2, -0.15) is 0 Å². The van der Waals surface area contributed by atoms with E-state index in [-0.39, 0.29) is 17.8 Å². The average molecular weight is 277 g/mol. The molecule has 0 spiro atoms. The number of aryl methyl sites for hydroxylation is 2. The first-order valence-electron chi connectivity index (χ1n) is 6.01. The van der Waals surface area contributed by atoms with Gasteiger partial charge in [0.05, 0.1) is 5.56 Å². The van der Waals surface area contributed by atoms with E-state index in [0.717, 1.165) is 16.7 Å². The average Bonchev–Trinajstić information content (AvgIpc) is 2.30. The van der Waals surface area contributed by atoms with E-state index in [1.807, 2.05) is 32.0 Å². The van der Waals surface area contributed by atoms with Crippen LogP contribution < -0.4 is 0 Å². The van der Waals surface area contributed by atoms with Gasteiger partial charge in [0.15, 0.2) is 5.78 Å². The van der Waals surface area contributed by atoms with Gasteiger partial charge in [-0.05, 0) is 37.6 Å². The van der Waals surface area contributed by atoms with E-state index < -0.39 is 5.82 Å². The van der Waals surface area contributed by atoms with Gasteiger partial charge in [-0.3, -0.25) is 4.79 Å². The summed E-state index contributed by atoms with van der Waals surface area (Å²) in [6.45, 7) is 3.95. The maximum absolute atomic E-state index is 13.6. The Morgan fingerprint density at radius 2 is 1.74 bits per heavy atom. The molecule has 0 aliphatic carbocycles. The van der Waals surface area contributed by atoms with Crippen LogP contribution in [-0.2, 0) is 6.42 Å². The Morgan fingerprint density at radius 1 is 1.11 bits per heavy atom. The van der Waals surface area contributed by atoms with Crippen LogP contribution in [0.4, 0.5) is 4.39 Å². The molecule has 2 rings (SSSR count). The zero-order valence-corrected chi connectivity index (χ0v) is 11.6. The van der Waals surface area contributed by atoms with Gasteiger partial charge in [-0.25, -0.2) is 4.39 Å². The molecule has 0 aromatic heterocycles. The fourth-order valence-corrected chi connectivity index (χ4v) is 2.33. The van der Waals surface area contributed by atoms with Gasteiger partial charge < -0.3 is 0 Å². The highest BCUT2D eigenvalue weighted by Gasteiger charge is 2.13. The van der Waals surface area contributed by atoms with Gasteiger partial charge >= 0.3 is 0 Å². The van der Waals surface area contributed by atoms with Gasteiger partial charge in [-0.1, -0.05) is 40.9 Å². The van der Waals surface area contributed by atoms with E-state index >= 15 is 0 Å². The van der Waals surface area contributed by atoms with Crippen LogP contribution in [0.25, 0.3) is 0 Å². The van der Waals surface area contributed by atoms with Crippen LogP contribution in [0.5, 0.6) is 0 Å². The van der Waals surface area contributed by atoms with Gasteiger partial charge in [-0.15, -0.1) is 0 Å². The molecule has 0 amide bonds. The lowest BCUT2D eigenvalue weighted by molar-refractivity contribution is 0.0989. The smallest absolute Gasteiger partial charge is 0.170 e. The van der Waals surface area contributed by atoms with Crippen LogP contribution in [0.1, 0.15) is 27.0 Å². The van der Waals surface area contributed by atoms with Crippen LogP contribution in [0.15, 0.2) is 36.4 Å². The molecule has 1 nitrogen and oxygen atoms in total. The van der Waals surface area contributed by atoms with E-state index in [1.165, 1.54) is 18.2 Å². The highest BCUT2D eigenvalue weighted by atomic mass is 35.5. The Balaban J connectivity index is 2.28. The number of ketones is 1. The first-order valence-corrected chi connectivity index (χ1v) is 6.39. The molecule has 0 atom stereocenters. The standard InChI is InChI=1S/C16H14ClFO/c1-10-5-11(2)7-12(6-10)8-16(19)14-9-13(17)3-4-15(14)18/h3-7,9H,8H2,1-2H3. The van der Waals surface area contributed by atoms with Crippen molar-refractivity contribution in [1.29, 1.82) is 0 Å². The molecule has 0 fully saturated rings. The molecule has 0 saturated carbocycles. The summed E-state index contributed by atoms with van der Waals surface area (Å²) in [6.07, 6.45) is 0.180. The lowest BCUT2D eigenvalue weighted by Gasteiger charge is -2.06. The molecule has 98 valence electrons. The minimum atomic E-state index is -0.529. The molecular weight excluding hydrogens is 263 g/mol. The number of hydrogen-bond acceptors (Lipinski definition) is 1. The molecule has 0 aliphatic heterocycles. The summed E-state index contributed by atoms with van der Waals surface area (Å²) in [5.74, 6) is -0.788. The van der Waals surface area contributed by atoms with E-state index in [9.17, 15) is 9.18 Å². The number of benzene rings is 2. The molecule has 19 heavy (non-hydrogen) atoms. The van der Waals surface area contributed by atoms with Crippen molar-refractivity contribution in [2.24, 2.45) is 0 Å². The van der Waals surface area contributed by atoms with Crippen molar-refractivity contribution in [2.75, 3.05) is 0 Å². The summed E-state index contributed by atoms with van der Waals surface area (Å²) in [4.78, 5) is 12.1. The van der Waals surface area contributed by atoms with Gasteiger partial charge in [0.1, 0.15) is 5.82 Å². The Labute approximate surface area is 117 Å². The second-order valence-electron chi connectivity index (χ2n) is 4.72. The van der Waals surface area contributed by atoms with E-state index in [2.05, 4.69) is 0 Å². The van der Waals surface area contributed by atoms with Crippen molar-refractivity contribution < 1.29 is 9.18 Å². The van der Waals surface area contributed by atoms with E-state index in [1.54, 1.807) is 0 Å². The SMILES string of the molecule is Cc1cc(C)cc(CC(=O)c2cc(Cl)ccc2F)c1. The van der Waals surface area contributed by atoms with Crippen LogP contribution in [0, 0.1) is 19.7 Å². The van der Waals surface area contributed by atoms with E-state index in [0.29, 0.717) is 5.02 Å². The summed E-state index contributed by atoms with van der Waals surface area (Å²) in [5, 5.41) is 0.366. The molecule has 2 aromatic carbocycles. The van der Waals surface area contributed by atoms with Gasteiger partial charge in [0, 0.05) is 11.4 Å². The van der Waals surface area contributed by atoms with Gasteiger partial charge in [0.25, 0.3) is 0 Å². The maximum atomic E-state index is 13.6. The third-order valence-electron chi connectivity index (χ3n) is 2.87. The summed E-state index contributed by atoms with van der Waals surface area (Å²) in [7, 11) is 0. The number of hydrogen-bond donors (Lipinski definition) is 0. The maximum Gasteiger partial charge on any atom is 0.170 e. The summed E-state index contributed by atoms with van der Waals surface area (Å²) < 4.78 is 13.6. The molecule has 0 bridgehead atoms. The highest BCUT2D eigenvalue weighted by Crippen LogP contribution is 2.18. The molecule has 0 saturated heterocycles. The predicted molar refractivity (Wildman–Crippen MR) is 75.4 cm³/mol. The summed E-state index contributed by atoms with van der Waals surface area (Å²) in [6, 6.07) is 9.94. The van der Waals surface area contributed by atoms with Crippen molar-refractivity contribution in [3.8, 4) is 0 Å². The molecule has 0 radical (unpaired) electrons. The van der Waals surface area contributed by atoms with Crippen LogP contribution >= 0.6 is 11.6 Å². The van der Waals surface area contributed by atoms with Crippen molar-refractivity contribution >= 4 is 17.4 Å². The van der Waals surface area contributed by atoms with Crippen LogP contribution in [0.3, 0.4) is 0 Å². The number of Topliss-reactive ketones (excluding diaryl/α,β-unsaturated/α-hetero) is 1. The highest BCUT2D eigenvalue weighted by molar-refractivity contribution is 6.31. The summed E-state index contributed by atoms with van der Waals surface area (Å²) in [5.41, 5.74) is 3.12. The monoisotopic (exact) mass is 276 g/mol. The Hall–Kier alpha value is -1.67. The molecule has 0 aliphatic rings. The van der Waals surface area contributed by atoms with Crippen LogP contribution in [0.2, 0.25) is 5.02 Å². The zero-order chi connectivity index (χ0) is 14.0. The number of carbonyl (C=O) groups is 1. The minimum Gasteiger partial charge on any atom is -0.294 e. The Kier molecular flexibility index (Phi) is 4.01. The fraction of sp³-hybridized carbons (Fsp3) is 0.188. The lowest BCUT2D eigenvalue weighted by Crippen LogP contribution is -2.06. The fourth-order valence-electron chi connectivity index (χ4n) is 2.16. The van der Waals surface area contributed by atoms with Crippen LogP contribution in [-0.4, -0.2) is 5.78 Å². The number of rotatable bonds is 3. The third-order valence-corrected chi connectivity index (χ3v) is 3.11. The topological polar surface area (TPSA) is 17.1 Å². The molecule has 3 heteroatoms. The first kappa shape index (κ1) is 13.8. The lowest BCUT2D eigenvalue weighted by atomic mass is 9.99. The predicted octanol–water partition coefficient (Wildman–Crippen LogP) is 4.52. The molecular formula is C16H14ClFO. The molecule has 0 N–H and O–H groups in total. The second kappa shape index (κ2) is 5.54. The second-order valence-corrected chi connectivity index (χ2v) is 5.16. The first-order chi connectivity index (χ1) is 8.95. The Morgan fingerprint density at radius 3 is 2.37 bits per heavy atom. The van der Waals surface area contributed by atoms with Crippen molar-refractivity contribution in [2.45, 2.75) is 20.3 Å². The van der Waals surface area contributed by atoms with E-state index in [4.69, 9.17) is 11.6 Å². The molecule has 0 unspecified atom stereocenters. The quantitative estimate of drug-likeness (QED) is 0.753.